The number of aromatic amines is 2. The molecule has 0 radical (unpaired) electrons. The lowest BCUT2D eigenvalue weighted by molar-refractivity contribution is 0.208. The molecule has 0 saturated carbocycles. The van der Waals surface area contributed by atoms with E-state index >= 15 is 0 Å². The first kappa shape index (κ1) is 10.8. The zero-order valence-corrected chi connectivity index (χ0v) is 9.77. The molecule has 5 nitrogen and oxygen atoms in total. The zero-order chi connectivity index (χ0) is 12.7. The Morgan fingerprint density at radius 3 is 2.56 bits per heavy atom. The summed E-state index contributed by atoms with van der Waals surface area (Å²) in [5.74, 6) is 0.188. The van der Waals surface area contributed by atoms with E-state index in [1.807, 2.05) is 37.3 Å². The van der Waals surface area contributed by atoms with Crippen LogP contribution < -0.4 is 16.0 Å². The van der Waals surface area contributed by atoms with Gasteiger partial charge in [0, 0.05) is 5.92 Å². The molecule has 92 valence electrons. The number of hydrogen-bond acceptors (Lipinski definition) is 3. The Bertz CT molecular complexity index is 687. The fraction of sp³-hybridized carbons (Fsp3) is 0.231. The van der Waals surface area contributed by atoms with E-state index in [4.69, 9.17) is 4.74 Å². The third kappa shape index (κ3) is 1.55. The predicted molar refractivity (Wildman–Crippen MR) is 65.9 cm³/mol. The third-order valence-electron chi connectivity index (χ3n) is 3.23. The highest BCUT2D eigenvalue weighted by Gasteiger charge is 2.35. The molecular weight excluding hydrogens is 232 g/mol. The van der Waals surface area contributed by atoms with Crippen LogP contribution in [-0.2, 0) is 0 Å². The van der Waals surface area contributed by atoms with Crippen molar-refractivity contribution in [2.45, 2.75) is 18.9 Å². The second-order valence-corrected chi connectivity index (χ2v) is 4.39. The number of ether oxygens (including phenoxy) is 1. The summed E-state index contributed by atoms with van der Waals surface area (Å²) in [6, 6.07) is 9.65. The average Bonchev–Trinajstić information content (AvgIpc) is 2.67. The number of rotatable bonds is 1. The first-order valence-corrected chi connectivity index (χ1v) is 5.75. The van der Waals surface area contributed by atoms with E-state index in [9.17, 15) is 9.59 Å². The molecule has 2 unspecified atom stereocenters. The van der Waals surface area contributed by atoms with Gasteiger partial charge in [0.2, 0.25) is 5.88 Å². The highest BCUT2D eigenvalue weighted by molar-refractivity contribution is 5.36. The number of fused-ring (bicyclic) bond motifs is 1. The summed E-state index contributed by atoms with van der Waals surface area (Å²) in [6.45, 7) is 1.91. The fourth-order valence-electron chi connectivity index (χ4n) is 2.36. The van der Waals surface area contributed by atoms with E-state index in [1.54, 1.807) is 0 Å². The molecule has 0 fully saturated rings. The Balaban J connectivity index is 2.10. The predicted octanol–water partition coefficient (Wildman–Crippen LogP) is 1.30. The largest absolute Gasteiger partial charge is 0.470 e. The summed E-state index contributed by atoms with van der Waals surface area (Å²) >= 11 is 0. The molecule has 1 aromatic carbocycles. The second-order valence-electron chi connectivity index (χ2n) is 4.39. The maximum Gasteiger partial charge on any atom is 0.328 e. The number of hydrogen-bond donors (Lipinski definition) is 2. The van der Waals surface area contributed by atoms with Crippen LogP contribution >= 0.6 is 0 Å². The molecule has 1 aromatic heterocycles. The van der Waals surface area contributed by atoms with Gasteiger partial charge in [-0.25, -0.2) is 4.79 Å². The summed E-state index contributed by atoms with van der Waals surface area (Å²) in [4.78, 5) is 27.7. The first-order valence-electron chi connectivity index (χ1n) is 5.75. The quantitative estimate of drug-likeness (QED) is 0.794. The van der Waals surface area contributed by atoms with Crippen LogP contribution in [0.3, 0.4) is 0 Å². The normalized spacial score (nSPS) is 21.4. The highest BCUT2D eigenvalue weighted by Crippen LogP contribution is 2.41. The van der Waals surface area contributed by atoms with E-state index in [-0.39, 0.29) is 23.5 Å². The molecule has 0 bridgehead atoms. The molecule has 0 amide bonds. The van der Waals surface area contributed by atoms with E-state index in [2.05, 4.69) is 9.97 Å². The standard InChI is InChI=1S/C13H12N2O3/c1-7-9-11(16)14-13(17)15-12(9)18-10(7)8-5-3-2-4-6-8/h2-7,10H,1H3,(H2,14,15,16,17). The number of aromatic nitrogens is 2. The van der Waals surface area contributed by atoms with Gasteiger partial charge in [-0.3, -0.25) is 14.8 Å². The van der Waals surface area contributed by atoms with Gasteiger partial charge in [-0.2, -0.15) is 0 Å². The molecule has 1 aliphatic heterocycles. The van der Waals surface area contributed by atoms with Crippen LogP contribution in [0.4, 0.5) is 0 Å². The lowest BCUT2D eigenvalue weighted by atomic mass is 9.94. The summed E-state index contributed by atoms with van der Waals surface area (Å²) < 4.78 is 5.69. The minimum absolute atomic E-state index is 0.0944. The molecule has 2 heterocycles. The lowest BCUT2D eigenvalue weighted by Crippen LogP contribution is -2.24. The van der Waals surface area contributed by atoms with Gasteiger partial charge < -0.3 is 4.74 Å². The lowest BCUT2D eigenvalue weighted by Gasteiger charge is -2.14. The fourth-order valence-corrected chi connectivity index (χ4v) is 2.36. The van der Waals surface area contributed by atoms with Gasteiger partial charge in [0.1, 0.15) is 6.10 Å². The van der Waals surface area contributed by atoms with Gasteiger partial charge in [-0.15, -0.1) is 0 Å². The topological polar surface area (TPSA) is 75.0 Å². The maximum atomic E-state index is 11.8. The minimum atomic E-state index is -0.542. The van der Waals surface area contributed by atoms with E-state index in [0.717, 1.165) is 5.56 Å². The second kappa shape index (κ2) is 3.87. The molecule has 0 saturated heterocycles. The molecule has 3 rings (SSSR count). The van der Waals surface area contributed by atoms with Crippen LogP contribution in [0.15, 0.2) is 39.9 Å². The van der Waals surface area contributed by atoms with Gasteiger partial charge in [-0.1, -0.05) is 37.3 Å². The van der Waals surface area contributed by atoms with Crippen LogP contribution in [0.5, 0.6) is 5.88 Å². The van der Waals surface area contributed by atoms with Crippen LogP contribution in [0.25, 0.3) is 0 Å². The molecule has 1 aliphatic rings. The maximum absolute atomic E-state index is 11.8. The molecule has 5 heteroatoms. The Morgan fingerprint density at radius 1 is 1.11 bits per heavy atom. The van der Waals surface area contributed by atoms with Crippen LogP contribution in [0.2, 0.25) is 0 Å². The molecule has 18 heavy (non-hydrogen) atoms. The van der Waals surface area contributed by atoms with Gasteiger partial charge in [0.25, 0.3) is 5.56 Å². The zero-order valence-electron chi connectivity index (χ0n) is 9.77. The highest BCUT2D eigenvalue weighted by atomic mass is 16.5. The van der Waals surface area contributed by atoms with E-state index in [0.29, 0.717) is 5.56 Å². The van der Waals surface area contributed by atoms with Gasteiger partial charge in [-0.05, 0) is 5.56 Å². The molecule has 2 N–H and O–H groups in total. The summed E-state index contributed by atoms with van der Waals surface area (Å²) in [7, 11) is 0. The monoisotopic (exact) mass is 244 g/mol. The van der Waals surface area contributed by atoms with Gasteiger partial charge >= 0.3 is 5.69 Å². The first-order chi connectivity index (χ1) is 8.66. The van der Waals surface area contributed by atoms with Gasteiger partial charge in [0.05, 0.1) is 5.56 Å². The molecule has 2 aromatic rings. The Labute approximate surface area is 102 Å². The van der Waals surface area contributed by atoms with Crippen molar-refractivity contribution in [1.29, 1.82) is 0 Å². The molecule has 0 spiro atoms. The van der Waals surface area contributed by atoms with Crippen molar-refractivity contribution >= 4 is 0 Å². The van der Waals surface area contributed by atoms with Crippen LogP contribution in [0, 0.1) is 0 Å². The Kier molecular flexibility index (Phi) is 2.33. The van der Waals surface area contributed by atoms with Crippen molar-refractivity contribution < 1.29 is 4.74 Å². The van der Waals surface area contributed by atoms with Crippen molar-refractivity contribution in [2.24, 2.45) is 0 Å². The molecular formula is C13H12N2O3. The third-order valence-corrected chi connectivity index (χ3v) is 3.23. The van der Waals surface area contributed by atoms with Crippen molar-refractivity contribution in [3.05, 3.63) is 62.3 Å². The van der Waals surface area contributed by atoms with E-state index in [1.165, 1.54) is 0 Å². The summed E-state index contributed by atoms with van der Waals surface area (Å²) in [5, 5.41) is 0. The van der Waals surface area contributed by atoms with Crippen molar-refractivity contribution in [3.63, 3.8) is 0 Å². The van der Waals surface area contributed by atoms with Gasteiger partial charge in [0.15, 0.2) is 0 Å². The molecule has 0 aliphatic carbocycles. The summed E-state index contributed by atoms with van der Waals surface area (Å²) in [5.41, 5.74) is 0.573. The van der Waals surface area contributed by atoms with Crippen molar-refractivity contribution in [2.75, 3.05) is 0 Å². The van der Waals surface area contributed by atoms with Crippen molar-refractivity contribution in [1.82, 2.24) is 9.97 Å². The summed E-state index contributed by atoms with van der Waals surface area (Å²) in [6.07, 6.45) is -0.236. The Morgan fingerprint density at radius 2 is 1.83 bits per heavy atom. The average molecular weight is 244 g/mol. The van der Waals surface area contributed by atoms with Crippen LogP contribution in [-0.4, -0.2) is 9.97 Å². The van der Waals surface area contributed by atoms with Crippen molar-refractivity contribution in [3.8, 4) is 5.88 Å². The van der Waals surface area contributed by atoms with Crippen LogP contribution in [0.1, 0.15) is 30.1 Å². The number of H-pyrrole nitrogens is 2. The smallest absolute Gasteiger partial charge is 0.328 e. The van der Waals surface area contributed by atoms with E-state index < -0.39 is 5.69 Å². The minimum Gasteiger partial charge on any atom is -0.470 e. The number of benzene rings is 1. The molecule has 2 atom stereocenters. The SMILES string of the molecule is CC1c2c([nH]c(=O)[nH]c2=O)OC1c1ccccc1. The number of nitrogens with one attached hydrogen (secondary N) is 2. The Hall–Kier alpha value is -2.30.